The second-order valence-electron chi connectivity index (χ2n) is 3.09. The Kier molecular flexibility index (Phi) is 1.91. The third kappa shape index (κ3) is 1.36. The predicted molar refractivity (Wildman–Crippen MR) is 55.4 cm³/mol. The molecule has 1 aromatic carbocycles. The van der Waals surface area contributed by atoms with Gasteiger partial charge >= 0.3 is 0 Å². The number of H-pyrrole nitrogens is 1. The SMILES string of the molecule is C=C[C@H](N)c1ccc2[nH]ccc2c1. The summed E-state index contributed by atoms with van der Waals surface area (Å²) < 4.78 is 0. The van der Waals surface area contributed by atoms with Crippen molar-refractivity contribution in [3.05, 3.63) is 48.7 Å². The van der Waals surface area contributed by atoms with Gasteiger partial charge in [-0.1, -0.05) is 12.1 Å². The van der Waals surface area contributed by atoms with E-state index in [9.17, 15) is 0 Å². The van der Waals surface area contributed by atoms with Crippen molar-refractivity contribution in [1.29, 1.82) is 0 Å². The summed E-state index contributed by atoms with van der Waals surface area (Å²) in [5, 5.41) is 1.19. The predicted octanol–water partition coefficient (Wildman–Crippen LogP) is 2.35. The molecule has 0 aliphatic heterocycles. The summed E-state index contributed by atoms with van der Waals surface area (Å²) in [6.45, 7) is 3.67. The molecular formula is C11H12N2. The van der Waals surface area contributed by atoms with Gasteiger partial charge in [0.15, 0.2) is 0 Å². The van der Waals surface area contributed by atoms with E-state index in [4.69, 9.17) is 5.73 Å². The Morgan fingerprint density at radius 3 is 3.00 bits per heavy atom. The van der Waals surface area contributed by atoms with Crippen LogP contribution in [0.15, 0.2) is 43.1 Å². The van der Waals surface area contributed by atoms with E-state index in [0.717, 1.165) is 11.1 Å². The molecule has 1 aromatic heterocycles. The van der Waals surface area contributed by atoms with E-state index in [-0.39, 0.29) is 6.04 Å². The second kappa shape index (κ2) is 3.07. The maximum absolute atomic E-state index is 5.83. The lowest BCUT2D eigenvalue weighted by Gasteiger charge is -2.05. The van der Waals surface area contributed by atoms with Crippen LogP contribution in [-0.2, 0) is 0 Å². The zero-order valence-corrected chi connectivity index (χ0v) is 7.33. The number of fused-ring (bicyclic) bond motifs is 1. The first-order chi connectivity index (χ1) is 6.31. The lowest BCUT2D eigenvalue weighted by atomic mass is 10.1. The van der Waals surface area contributed by atoms with E-state index in [1.165, 1.54) is 5.39 Å². The first-order valence-electron chi connectivity index (χ1n) is 4.26. The van der Waals surface area contributed by atoms with Crippen molar-refractivity contribution >= 4 is 10.9 Å². The number of rotatable bonds is 2. The molecule has 0 unspecified atom stereocenters. The molecule has 2 nitrogen and oxygen atoms in total. The maximum atomic E-state index is 5.83. The molecule has 1 atom stereocenters. The zero-order chi connectivity index (χ0) is 9.26. The van der Waals surface area contributed by atoms with Crippen LogP contribution in [0.4, 0.5) is 0 Å². The topological polar surface area (TPSA) is 41.8 Å². The summed E-state index contributed by atoms with van der Waals surface area (Å²) in [5.41, 5.74) is 8.06. The molecule has 3 N–H and O–H groups in total. The van der Waals surface area contributed by atoms with Gasteiger partial charge in [-0.3, -0.25) is 0 Å². The highest BCUT2D eigenvalue weighted by molar-refractivity contribution is 5.80. The Hall–Kier alpha value is -1.54. The van der Waals surface area contributed by atoms with Gasteiger partial charge in [-0.2, -0.15) is 0 Å². The molecule has 0 saturated heterocycles. The van der Waals surface area contributed by atoms with Crippen molar-refractivity contribution in [2.75, 3.05) is 0 Å². The number of hydrogen-bond donors (Lipinski definition) is 2. The molecule has 66 valence electrons. The molecule has 2 heteroatoms. The third-order valence-electron chi connectivity index (χ3n) is 2.22. The van der Waals surface area contributed by atoms with Crippen LogP contribution in [0, 0.1) is 0 Å². The number of nitrogens with one attached hydrogen (secondary N) is 1. The molecule has 2 rings (SSSR count). The summed E-state index contributed by atoms with van der Waals surface area (Å²) in [7, 11) is 0. The van der Waals surface area contributed by atoms with Crippen molar-refractivity contribution in [3.8, 4) is 0 Å². The van der Waals surface area contributed by atoms with Gasteiger partial charge in [-0.15, -0.1) is 6.58 Å². The molecule has 0 saturated carbocycles. The highest BCUT2D eigenvalue weighted by Crippen LogP contribution is 2.18. The zero-order valence-electron chi connectivity index (χ0n) is 7.33. The molecule has 1 heterocycles. The highest BCUT2D eigenvalue weighted by atomic mass is 14.7. The fourth-order valence-corrected chi connectivity index (χ4v) is 1.42. The first kappa shape index (κ1) is 8.08. The summed E-state index contributed by atoms with van der Waals surface area (Å²) in [6, 6.07) is 8.10. The minimum atomic E-state index is -0.0701. The summed E-state index contributed by atoms with van der Waals surface area (Å²) in [4.78, 5) is 3.14. The van der Waals surface area contributed by atoms with Crippen LogP contribution >= 0.6 is 0 Å². The van der Waals surface area contributed by atoms with Crippen LogP contribution in [0.1, 0.15) is 11.6 Å². The van der Waals surface area contributed by atoms with Gasteiger partial charge in [0.05, 0.1) is 0 Å². The quantitative estimate of drug-likeness (QED) is 0.671. The summed E-state index contributed by atoms with van der Waals surface area (Å²) >= 11 is 0. The Morgan fingerprint density at radius 2 is 2.23 bits per heavy atom. The minimum absolute atomic E-state index is 0.0701. The van der Waals surface area contributed by atoms with Gasteiger partial charge in [0, 0.05) is 17.8 Å². The van der Waals surface area contributed by atoms with E-state index < -0.39 is 0 Å². The smallest absolute Gasteiger partial charge is 0.0478 e. The fraction of sp³-hybridized carbons (Fsp3) is 0.0909. The number of benzene rings is 1. The van der Waals surface area contributed by atoms with Gasteiger partial charge in [0.2, 0.25) is 0 Å². The van der Waals surface area contributed by atoms with Crippen molar-refractivity contribution in [2.45, 2.75) is 6.04 Å². The molecule has 0 aliphatic rings. The second-order valence-corrected chi connectivity index (χ2v) is 3.09. The Morgan fingerprint density at radius 1 is 1.38 bits per heavy atom. The lowest BCUT2D eigenvalue weighted by molar-refractivity contribution is 0.917. The lowest BCUT2D eigenvalue weighted by Crippen LogP contribution is -2.05. The van der Waals surface area contributed by atoms with Crippen LogP contribution in [0.25, 0.3) is 10.9 Å². The normalized spacial score (nSPS) is 13.0. The number of aromatic amines is 1. The third-order valence-corrected chi connectivity index (χ3v) is 2.22. The van der Waals surface area contributed by atoms with Gasteiger partial charge in [0.1, 0.15) is 0 Å². The first-order valence-corrected chi connectivity index (χ1v) is 4.26. The number of hydrogen-bond acceptors (Lipinski definition) is 1. The minimum Gasteiger partial charge on any atom is -0.361 e. The molecule has 0 amide bonds. The van der Waals surface area contributed by atoms with E-state index in [1.807, 2.05) is 24.4 Å². The van der Waals surface area contributed by atoms with E-state index >= 15 is 0 Å². The monoisotopic (exact) mass is 172 g/mol. The van der Waals surface area contributed by atoms with Crippen LogP contribution in [0.2, 0.25) is 0 Å². The van der Waals surface area contributed by atoms with Crippen LogP contribution < -0.4 is 5.73 Å². The Labute approximate surface area is 77.1 Å². The molecule has 0 radical (unpaired) electrons. The number of aromatic nitrogens is 1. The van der Waals surface area contributed by atoms with Gasteiger partial charge in [0.25, 0.3) is 0 Å². The van der Waals surface area contributed by atoms with Crippen molar-refractivity contribution in [3.63, 3.8) is 0 Å². The molecule has 0 bridgehead atoms. The average molecular weight is 172 g/mol. The average Bonchev–Trinajstić information content (AvgIpc) is 2.63. The van der Waals surface area contributed by atoms with Crippen LogP contribution in [0.3, 0.4) is 0 Å². The molecule has 2 aromatic rings. The molecule has 0 spiro atoms. The molecule has 0 aliphatic carbocycles. The van der Waals surface area contributed by atoms with Gasteiger partial charge < -0.3 is 10.7 Å². The van der Waals surface area contributed by atoms with E-state index in [1.54, 1.807) is 6.08 Å². The standard InChI is InChI=1S/C11H12N2/c1-2-10(12)8-3-4-11-9(7-8)5-6-13-11/h2-7,10,13H,1,12H2/t10-/m0/s1. The van der Waals surface area contributed by atoms with Gasteiger partial charge in [-0.05, 0) is 29.1 Å². The maximum Gasteiger partial charge on any atom is 0.0478 e. The van der Waals surface area contributed by atoms with E-state index in [2.05, 4.69) is 17.6 Å². The Bertz CT molecular complexity index is 428. The fourth-order valence-electron chi connectivity index (χ4n) is 1.42. The molecule has 0 fully saturated rings. The van der Waals surface area contributed by atoms with Gasteiger partial charge in [-0.25, -0.2) is 0 Å². The van der Waals surface area contributed by atoms with Crippen molar-refractivity contribution in [1.82, 2.24) is 4.98 Å². The number of nitrogens with two attached hydrogens (primary N) is 1. The Balaban J connectivity index is 2.53. The van der Waals surface area contributed by atoms with Crippen molar-refractivity contribution < 1.29 is 0 Å². The van der Waals surface area contributed by atoms with E-state index in [0.29, 0.717) is 0 Å². The van der Waals surface area contributed by atoms with Crippen molar-refractivity contribution in [2.24, 2.45) is 5.73 Å². The summed E-state index contributed by atoms with van der Waals surface area (Å²) in [5.74, 6) is 0. The van der Waals surface area contributed by atoms with Crippen LogP contribution in [-0.4, -0.2) is 4.98 Å². The highest BCUT2D eigenvalue weighted by Gasteiger charge is 2.01. The summed E-state index contributed by atoms with van der Waals surface area (Å²) in [6.07, 6.45) is 3.67. The molecular weight excluding hydrogens is 160 g/mol. The largest absolute Gasteiger partial charge is 0.361 e. The van der Waals surface area contributed by atoms with Crippen LogP contribution in [0.5, 0.6) is 0 Å². The molecule has 13 heavy (non-hydrogen) atoms.